The molecular weight excluding hydrogens is 318 g/mol. The van der Waals surface area contributed by atoms with Crippen molar-refractivity contribution in [1.29, 1.82) is 0 Å². The first-order valence-corrected chi connectivity index (χ1v) is 9.61. The maximum Gasteiger partial charge on any atom is 0.332 e. The molecule has 7 nitrogen and oxygen atoms in total. The van der Waals surface area contributed by atoms with Crippen molar-refractivity contribution in [2.24, 2.45) is 0 Å². The van der Waals surface area contributed by atoms with Gasteiger partial charge in [0.15, 0.2) is 5.65 Å². The summed E-state index contributed by atoms with van der Waals surface area (Å²) in [5.74, 6) is 1.22. The molecule has 2 saturated heterocycles. The molecule has 0 saturated carbocycles. The molecule has 25 heavy (non-hydrogen) atoms. The number of rotatable bonds is 5. The van der Waals surface area contributed by atoms with Gasteiger partial charge in [-0.2, -0.15) is 0 Å². The molecular formula is C18H27N5O2. The minimum Gasteiger partial charge on any atom is -0.336 e. The van der Waals surface area contributed by atoms with Gasteiger partial charge in [-0.05, 0) is 38.5 Å². The minimum atomic E-state index is -0.232. The molecule has 7 heteroatoms. The largest absolute Gasteiger partial charge is 0.336 e. The fourth-order valence-corrected chi connectivity index (χ4v) is 4.50. The Morgan fingerprint density at radius 2 is 1.68 bits per heavy atom. The molecule has 0 aliphatic carbocycles. The Labute approximate surface area is 146 Å². The second kappa shape index (κ2) is 6.44. The van der Waals surface area contributed by atoms with Crippen molar-refractivity contribution in [3.05, 3.63) is 26.7 Å². The predicted octanol–water partition coefficient (Wildman–Crippen LogP) is 1.70. The molecule has 2 aliphatic heterocycles. The van der Waals surface area contributed by atoms with Crippen LogP contribution in [0, 0.1) is 0 Å². The van der Waals surface area contributed by atoms with Gasteiger partial charge >= 0.3 is 5.69 Å². The summed E-state index contributed by atoms with van der Waals surface area (Å²) >= 11 is 0. The summed E-state index contributed by atoms with van der Waals surface area (Å²) in [6.45, 7) is 5.04. The Balaban J connectivity index is 1.83. The van der Waals surface area contributed by atoms with E-state index in [0.717, 1.165) is 31.5 Å². The van der Waals surface area contributed by atoms with Crippen molar-refractivity contribution in [1.82, 2.24) is 24.4 Å². The number of fused-ring (bicyclic) bond motifs is 3. The number of aromatic nitrogens is 4. The van der Waals surface area contributed by atoms with Crippen molar-refractivity contribution in [3.63, 3.8) is 0 Å². The molecule has 2 unspecified atom stereocenters. The Morgan fingerprint density at radius 1 is 1.04 bits per heavy atom. The lowest BCUT2D eigenvalue weighted by atomic mass is 9.92. The van der Waals surface area contributed by atoms with E-state index in [1.165, 1.54) is 17.4 Å². The number of aryl methyl sites for hydroxylation is 1. The van der Waals surface area contributed by atoms with Gasteiger partial charge in [0.05, 0.1) is 0 Å². The van der Waals surface area contributed by atoms with Gasteiger partial charge in [0.2, 0.25) is 0 Å². The average Bonchev–Trinajstić information content (AvgIpc) is 3.19. The Bertz CT molecular complexity index is 881. The zero-order valence-electron chi connectivity index (χ0n) is 15.0. The smallest absolute Gasteiger partial charge is 0.332 e. The molecule has 0 aromatic carbocycles. The molecule has 2 atom stereocenters. The maximum atomic E-state index is 12.8. The van der Waals surface area contributed by atoms with Crippen LogP contribution in [0.5, 0.6) is 0 Å². The highest BCUT2D eigenvalue weighted by Crippen LogP contribution is 2.36. The Hall–Kier alpha value is -1.89. The Kier molecular flexibility index (Phi) is 4.27. The molecule has 2 N–H and O–H groups in total. The molecule has 4 rings (SSSR count). The monoisotopic (exact) mass is 345 g/mol. The quantitative estimate of drug-likeness (QED) is 0.864. The van der Waals surface area contributed by atoms with Crippen LogP contribution in [0.1, 0.15) is 64.1 Å². The van der Waals surface area contributed by atoms with Gasteiger partial charge in [-0.25, -0.2) is 9.78 Å². The van der Waals surface area contributed by atoms with E-state index in [4.69, 9.17) is 4.98 Å². The van der Waals surface area contributed by atoms with Gasteiger partial charge in [-0.1, -0.05) is 13.8 Å². The van der Waals surface area contributed by atoms with Crippen molar-refractivity contribution in [2.45, 2.75) is 83.5 Å². The molecule has 4 heterocycles. The number of hydrogen-bond donors (Lipinski definition) is 2. The molecule has 2 bridgehead atoms. The second-order valence-corrected chi connectivity index (χ2v) is 7.52. The topological polar surface area (TPSA) is 84.7 Å². The zero-order valence-corrected chi connectivity index (χ0v) is 15.0. The lowest BCUT2D eigenvalue weighted by Crippen LogP contribution is -2.40. The predicted molar refractivity (Wildman–Crippen MR) is 97.1 cm³/mol. The highest BCUT2D eigenvalue weighted by Gasteiger charge is 2.35. The van der Waals surface area contributed by atoms with E-state index in [9.17, 15) is 9.59 Å². The molecule has 136 valence electrons. The van der Waals surface area contributed by atoms with E-state index in [0.29, 0.717) is 42.3 Å². The summed E-state index contributed by atoms with van der Waals surface area (Å²) in [7, 11) is 0. The van der Waals surface area contributed by atoms with E-state index < -0.39 is 0 Å². The number of aromatic amines is 1. The minimum absolute atomic E-state index is 0.232. The molecule has 0 spiro atoms. The van der Waals surface area contributed by atoms with Crippen LogP contribution in [-0.4, -0.2) is 31.2 Å². The molecule has 0 amide bonds. The summed E-state index contributed by atoms with van der Waals surface area (Å²) in [6.07, 6.45) is 6.15. The van der Waals surface area contributed by atoms with Crippen LogP contribution < -0.4 is 16.6 Å². The van der Waals surface area contributed by atoms with Crippen LogP contribution in [0.3, 0.4) is 0 Å². The van der Waals surface area contributed by atoms with Gasteiger partial charge in [-0.3, -0.25) is 13.9 Å². The lowest BCUT2D eigenvalue weighted by Gasteiger charge is -2.27. The van der Waals surface area contributed by atoms with Gasteiger partial charge in [0.25, 0.3) is 5.56 Å². The first-order valence-electron chi connectivity index (χ1n) is 9.61. The van der Waals surface area contributed by atoms with Crippen molar-refractivity contribution < 1.29 is 0 Å². The molecule has 2 fully saturated rings. The highest BCUT2D eigenvalue weighted by atomic mass is 16.2. The molecule has 2 aliphatic rings. The van der Waals surface area contributed by atoms with E-state index in [-0.39, 0.29) is 11.2 Å². The third-order valence-electron chi connectivity index (χ3n) is 5.63. The first-order chi connectivity index (χ1) is 12.1. The molecule has 2 aromatic rings. The van der Waals surface area contributed by atoms with Gasteiger partial charge < -0.3 is 10.3 Å². The zero-order chi connectivity index (χ0) is 17.6. The second-order valence-electron chi connectivity index (χ2n) is 7.52. The number of H-pyrrole nitrogens is 1. The van der Waals surface area contributed by atoms with E-state index >= 15 is 0 Å². The van der Waals surface area contributed by atoms with E-state index in [1.807, 2.05) is 13.8 Å². The van der Waals surface area contributed by atoms with Crippen LogP contribution >= 0.6 is 0 Å². The summed E-state index contributed by atoms with van der Waals surface area (Å²) in [5, 5.41) is 3.64. The fourth-order valence-electron chi connectivity index (χ4n) is 4.50. The van der Waals surface area contributed by atoms with E-state index in [2.05, 4.69) is 10.3 Å². The normalized spacial score (nSPS) is 25.8. The van der Waals surface area contributed by atoms with E-state index in [1.54, 1.807) is 4.57 Å². The van der Waals surface area contributed by atoms with Crippen LogP contribution in [0.25, 0.3) is 11.2 Å². The van der Waals surface area contributed by atoms with Crippen LogP contribution in [0.4, 0.5) is 0 Å². The SMILES string of the molecule is CCCn1c(=O)c2[nH]c(C3CC4CCC(C3)N4)nc2n(CCC)c1=O. The number of piperidine rings is 1. The number of hydrogen-bond acceptors (Lipinski definition) is 4. The van der Waals surface area contributed by atoms with Gasteiger partial charge in [0, 0.05) is 31.1 Å². The van der Waals surface area contributed by atoms with Crippen LogP contribution in [0.15, 0.2) is 9.59 Å². The lowest BCUT2D eigenvalue weighted by molar-refractivity contribution is 0.355. The van der Waals surface area contributed by atoms with Crippen molar-refractivity contribution >= 4 is 11.2 Å². The number of imidazole rings is 1. The molecule has 0 radical (unpaired) electrons. The van der Waals surface area contributed by atoms with Crippen LogP contribution in [-0.2, 0) is 13.1 Å². The summed E-state index contributed by atoms with van der Waals surface area (Å²) < 4.78 is 3.02. The number of nitrogens with one attached hydrogen (secondary N) is 2. The number of nitrogens with zero attached hydrogens (tertiary/aromatic N) is 3. The standard InChI is InChI=1S/C18H27N5O2/c1-3-7-22-16-14(17(24)23(8-4-2)18(22)25)20-15(21-16)11-9-12-5-6-13(10-11)19-12/h11-13,19H,3-10H2,1-2H3,(H,20,21). The summed E-state index contributed by atoms with van der Waals surface area (Å²) in [4.78, 5) is 33.6. The van der Waals surface area contributed by atoms with Crippen molar-refractivity contribution in [3.8, 4) is 0 Å². The third kappa shape index (κ3) is 2.74. The summed E-state index contributed by atoms with van der Waals surface area (Å²) in [6, 6.07) is 1.12. The maximum absolute atomic E-state index is 12.8. The molecule has 2 aromatic heterocycles. The fraction of sp³-hybridized carbons (Fsp3) is 0.722. The van der Waals surface area contributed by atoms with Crippen molar-refractivity contribution in [2.75, 3.05) is 0 Å². The van der Waals surface area contributed by atoms with Gasteiger partial charge in [-0.15, -0.1) is 0 Å². The first kappa shape index (κ1) is 16.6. The van der Waals surface area contributed by atoms with Crippen LogP contribution in [0.2, 0.25) is 0 Å². The Morgan fingerprint density at radius 3 is 2.32 bits per heavy atom. The third-order valence-corrected chi connectivity index (χ3v) is 5.63. The average molecular weight is 345 g/mol. The summed E-state index contributed by atoms with van der Waals surface area (Å²) in [5.41, 5.74) is 0.557. The highest BCUT2D eigenvalue weighted by molar-refractivity contribution is 5.70. The van der Waals surface area contributed by atoms with Gasteiger partial charge in [0.1, 0.15) is 11.3 Å².